The highest BCUT2D eigenvalue weighted by Gasteiger charge is 2.28. The highest BCUT2D eigenvalue weighted by molar-refractivity contribution is 7.13. The first-order valence-corrected chi connectivity index (χ1v) is 7.66. The lowest BCUT2D eigenvalue weighted by Crippen LogP contribution is -2.28. The number of benzene rings is 1. The minimum atomic E-state index is -0.998. The molecule has 0 fully saturated rings. The van der Waals surface area contributed by atoms with E-state index in [1.807, 2.05) is 12.3 Å². The molecule has 2 aromatic rings. The van der Waals surface area contributed by atoms with E-state index in [0.717, 1.165) is 17.5 Å². The Morgan fingerprint density at radius 3 is 2.76 bits per heavy atom. The quantitative estimate of drug-likeness (QED) is 0.919. The minimum absolute atomic E-state index is 0.167. The number of carboxylic acids is 1. The Morgan fingerprint density at radius 2 is 2.14 bits per heavy atom. The van der Waals surface area contributed by atoms with E-state index in [-0.39, 0.29) is 11.5 Å². The van der Waals surface area contributed by atoms with Crippen LogP contribution in [0.15, 0.2) is 23.6 Å². The van der Waals surface area contributed by atoms with Gasteiger partial charge in [-0.05, 0) is 42.0 Å². The number of carbonyl (C=O) groups excluding carboxylic acids is 1. The lowest BCUT2D eigenvalue weighted by molar-refractivity contribution is 0.0696. The van der Waals surface area contributed by atoms with Crippen LogP contribution in [0.2, 0.25) is 5.02 Å². The first-order valence-electron chi connectivity index (χ1n) is 6.40. The zero-order chi connectivity index (χ0) is 15.1. The number of halogens is 1. The maximum Gasteiger partial charge on any atom is 0.335 e. The predicted molar refractivity (Wildman–Crippen MR) is 82.8 cm³/mol. The van der Waals surface area contributed by atoms with Crippen LogP contribution >= 0.6 is 22.9 Å². The van der Waals surface area contributed by atoms with E-state index in [9.17, 15) is 9.59 Å². The van der Waals surface area contributed by atoms with Crippen molar-refractivity contribution in [2.24, 2.45) is 0 Å². The molecule has 108 valence electrons. The van der Waals surface area contributed by atoms with Crippen LogP contribution in [0.5, 0.6) is 0 Å². The smallest absolute Gasteiger partial charge is 0.335 e. The fourth-order valence-electron chi connectivity index (χ4n) is 2.42. The van der Waals surface area contributed by atoms with Gasteiger partial charge in [0.25, 0.3) is 5.91 Å². The van der Waals surface area contributed by atoms with Gasteiger partial charge in [-0.25, -0.2) is 4.79 Å². The molecule has 0 saturated heterocycles. The Morgan fingerprint density at radius 1 is 1.38 bits per heavy atom. The molecule has 4 nitrogen and oxygen atoms in total. The van der Waals surface area contributed by atoms with Crippen molar-refractivity contribution in [3.63, 3.8) is 0 Å². The maximum absolute atomic E-state index is 12.6. The van der Waals surface area contributed by atoms with Crippen LogP contribution in [0.25, 0.3) is 0 Å². The topological polar surface area (TPSA) is 57.6 Å². The number of hydrogen-bond acceptors (Lipinski definition) is 3. The van der Waals surface area contributed by atoms with Crippen molar-refractivity contribution in [3.05, 3.63) is 50.2 Å². The Bertz CT molecular complexity index is 753. The molecule has 1 aromatic carbocycles. The van der Waals surface area contributed by atoms with Crippen LogP contribution in [-0.4, -0.2) is 23.5 Å². The maximum atomic E-state index is 12.6. The molecular weight excluding hydrogens is 310 g/mol. The number of amides is 1. The van der Waals surface area contributed by atoms with Gasteiger partial charge in [0, 0.05) is 12.2 Å². The molecule has 0 spiro atoms. The van der Waals surface area contributed by atoms with Gasteiger partial charge in [-0.2, -0.15) is 0 Å². The summed E-state index contributed by atoms with van der Waals surface area (Å²) in [5.41, 5.74) is 2.71. The molecule has 0 unspecified atom stereocenters. The van der Waals surface area contributed by atoms with Gasteiger partial charge >= 0.3 is 5.97 Å². The van der Waals surface area contributed by atoms with E-state index < -0.39 is 5.97 Å². The van der Waals surface area contributed by atoms with Crippen LogP contribution < -0.4 is 4.90 Å². The van der Waals surface area contributed by atoms with Crippen molar-refractivity contribution in [2.45, 2.75) is 13.3 Å². The minimum Gasteiger partial charge on any atom is -0.478 e. The van der Waals surface area contributed by atoms with Gasteiger partial charge in [0.2, 0.25) is 0 Å². The second kappa shape index (κ2) is 5.16. The first kappa shape index (κ1) is 14.1. The van der Waals surface area contributed by atoms with Crippen molar-refractivity contribution < 1.29 is 14.7 Å². The van der Waals surface area contributed by atoms with Crippen molar-refractivity contribution in [1.29, 1.82) is 0 Å². The van der Waals surface area contributed by atoms with Gasteiger partial charge in [0.1, 0.15) is 4.88 Å². The molecule has 1 N–H and O–H groups in total. The Hall–Kier alpha value is -1.85. The first-order chi connectivity index (χ1) is 9.99. The summed E-state index contributed by atoms with van der Waals surface area (Å²) in [6.07, 6.45) is 0.725. The summed E-state index contributed by atoms with van der Waals surface area (Å²) in [6, 6.07) is 4.89. The van der Waals surface area contributed by atoms with Gasteiger partial charge in [-0.15, -0.1) is 11.3 Å². The number of thiophene rings is 1. The number of nitrogens with zero attached hydrogens (tertiary/aromatic N) is 1. The van der Waals surface area contributed by atoms with Gasteiger partial charge in [-0.1, -0.05) is 17.7 Å². The second-order valence-electron chi connectivity index (χ2n) is 4.92. The molecule has 0 radical (unpaired) electrons. The average Bonchev–Trinajstić information content (AvgIpc) is 3.02. The summed E-state index contributed by atoms with van der Waals surface area (Å²) in [6.45, 7) is 2.40. The molecule has 6 heteroatoms. The van der Waals surface area contributed by atoms with Gasteiger partial charge in [0.05, 0.1) is 10.6 Å². The van der Waals surface area contributed by atoms with Crippen molar-refractivity contribution in [1.82, 2.24) is 0 Å². The molecule has 0 saturated carbocycles. The molecule has 0 atom stereocenters. The van der Waals surface area contributed by atoms with Crippen molar-refractivity contribution in [2.75, 3.05) is 11.4 Å². The largest absolute Gasteiger partial charge is 0.478 e. The number of anilines is 1. The summed E-state index contributed by atoms with van der Waals surface area (Å²) in [7, 11) is 0. The zero-order valence-corrected chi connectivity index (χ0v) is 12.8. The molecule has 1 aliphatic rings. The van der Waals surface area contributed by atoms with Crippen LogP contribution in [0.3, 0.4) is 0 Å². The number of carbonyl (C=O) groups is 2. The molecule has 1 aliphatic heterocycles. The third-order valence-electron chi connectivity index (χ3n) is 3.57. The Labute approximate surface area is 130 Å². The highest BCUT2D eigenvalue weighted by Crippen LogP contribution is 2.34. The molecule has 3 rings (SSSR count). The fraction of sp³-hybridized carbons (Fsp3) is 0.200. The number of aromatic carboxylic acids is 1. The van der Waals surface area contributed by atoms with Crippen LogP contribution in [0, 0.1) is 6.92 Å². The summed E-state index contributed by atoms with van der Waals surface area (Å²) in [4.78, 5) is 25.8. The number of rotatable bonds is 2. The molecule has 1 aromatic heterocycles. The Kier molecular flexibility index (Phi) is 3.47. The number of fused-ring (bicyclic) bond motifs is 1. The lowest BCUT2D eigenvalue weighted by Gasteiger charge is -2.17. The van der Waals surface area contributed by atoms with Gasteiger partial charge < -0.3 is 10.0 Å². The van der Waals surface area contributed by atoms with Crippen LogP contribution in [-0.2, 0) is 6.42 Å². The molecule has 0 bridgehead atoms. The van der Waals surface area contributed by atoms with E-state index in [1.165, 1.54) is 11.3 Å². The van der Waals surface area contributed by atoms with E-state index in [2.05, 4.69) is 0 Å². The SMILES string of the molecule is Cc1csc(C(=O)N2CCc3ccc(C(=O)O)cc32)c1Cl. The third kappa shape index (κ3) is 2.32. The highest BCUT2D eigenvalue weighted by atomic mass is 35.5. The van der Waals surface area contributed by atoms with Gasteiger partial charge in [0.15, 0.2) is 0 Å². The summed E-state index contributed by atoms with van der Waals surface area (Å²) in [5.74, 6) is -1.17. The standard InChI is InChI=1S/C15H12ClNO3S/c1-8-7-21-13(12(8)16)14(18)17-5-4-9-2-3-10(15(19)20)6-11(9)17/h2-3,6-7H,4-5H2,1H3,(H,19,20). The van der Waals surface area contributed by atoms with Crippen LogP contribution in [0.1, 0.15) is 31.2 Å². The molecule has 2 heterocycles. The Balaban J connectivity index is 2.00. The average molecular weight is 322 g/mol. The lowest BCUT2D eigenvalue weighted by atomic mass is 10.1. The predicted octanol–water partition coefficient (Wildman–Crippen LogP) is 3.61. The van der Waals surface area contributed by atoms with Crippen molar-refractivity contribution in [3.8, 4) is 0 Å². The summed E-state index contributed by atoms with van der Waals surface area (Å²) >= 11 is 7.48. The summed E-state index contributed by atoms with van der Waals surface area (Å²) < 4.78 is 0. The number of hydrogen-bond donors (Lipinski definition) is 1. The van der Waals surface area contributed by atoms with Gasteiger partial charge in [-0.3, -0.25) is 4.79 Å². The van der Waals surface area contributed by atoms with E-state index in [4.69, 9.17) is 16.7 Å². The zero-order valence-electron chi connectivity index (χ0n) is 11.2. The molecule has 21 heavy (non-hydrogen) atoms. The van der Waals surface area contributed by atoms with E-state index in [1.54, 1.807) is 23.1 Å². The normalized spacial score (nSPS) is 13.3. The van der Waals surface area contributed by atoms with E-state index >= 15 is 0 Å². The molecular formula is C15H12ClNO3S. The third-order valence-corrected chi connectivity index (χ3v) is 5.25. The van der Waals surface area contributed by atoms with Crippen molar-refractivity contribution >= 4 is 40.5 Å². The van der Waals surface area contributed by atoms with Crippen LogP contribution in [0.4, 0.5) is 5.69 Å². The monoisotopic (exact) mass is 321 g/mol. The second-order valence-corrected chi connectivity index (χ2v) is 6.17. The number of carboxylic acid groups (broad SMARTS) is 1. The van der Waals surface area contributed by atoms with E-state index in [0.29, 0.717) is 22.1 Å². The number of aryl methyl sites for hydroxylation is 1. The molecule has 0 aliphatic carbocycles. The fourth-order valence-corrected chi connectivity index (χ4v) is 3.64. The molecule has 1 amide bonds. The summed E-state index contributed by atoms with van der Waals surface area (Å²) in [5, 5.41) is 11.4.